The molecule has 4 aliphatic heterocycles. The van der Waals surface area contributed by atoms with E-state index in [9.17, 15) is 49.8 Å². The Hall–Kier alpha value is -3.66. The van der Waals surface area contributed by atoms with Gasteiger partial charge in [0, 0.05) is 65.2 Å². The zero-order chi connectivity index (χ0) is 58.0. The van der Waals surface area contributed by atoms with Gasteiger partial charge in [-0.25, -0.2) is 4.79 Å². The molecule has 22 nitrogen and oxygen atoms in total. The second kappa shape index (κ2) is 26.1. The number of Topliss-reactive ketones (excluding diaryl/α,β-unsaturated/α-hetero) is 2. The number of methoxy groups -OCH3 is 2. The normalized spacial score (nSPS) is 43.3. The first-order chi connectivity index (χ1) is 37.9. The number of fused-ring (bicyclic) bond motifs is 1. The number of rotatable bonds is 19. The van der Waals surface area contributed by atoms with E-state index in [0.29, 0.717) is 19.3 Å². The molecule has 0 radical (unpaired) electrons. The zero-order valence-corrected chi connectivity index (χ0v) is 47.2. The van der Waals surface area contributed by atoms with Gasteiger partial charge in [-0.15, -0.1) is 0 Å². The summed E-state index contributed by atoms with van der Waals surface area (Å²) in [6.45, 7) is 11.0. The van der Waals surface area contributed by atoms with Crippen LogP contribution >= 0.6 is 0 Å². The van der Waals surface area contributed by atoms with Crippen LogP contribution in [0, 0.1) is 16.7 Å². The fraction of sp³-hybridized carbons (Fsp3) is 0.759. The lowest BCUT2D eigenvalue weighted by atomic mass is 9.56. The summed E-state index contributed by atoms with van der Waals surface area (Å²) in [6.07, 6.45) is -12.1. The van der Waals surface area contributed by atoms with Gasteiger partial charge in [-0.2, -0.15) is 0 Å². The van der Waals surface area contributed by atoms with Gasteiger partial charge in [-0.1, -0.05) is 48.9 Å². The molecule has 22 heteroatoms. The number of hydrogen-bond acceptors (Lipinski definition) is 22. The van der Waals surface area contributed by atoms with Crippen molar-refractivity contribution in [1.29, 1.82) is 0 Å². The van der Waals surface area contributed by atoms with E-state index in [1.165, 1.54) is 27.0 Å². The maximum Gasteiger partial charge on any atom is 0.331 e. The molecule has 6 fully saturated rings. The van der Waals surface area contributed by atoms with Gasteiger partial charge in [0.1, 0.15) is 72.1 Å². The van der Waals surface area contributed by atoms with Crippen LogP contribution in [0.25, 0.3) is 6.08 Å². The molecule has 2 saturated carbocycles. The lowest BCUT2D eigenvalue weighted by Crippen LogP contribution is -2.62. The highest BCUT2D eigenvalue weighted by molar-refractivity contribution is 5.92. The highest BCUT2D eigenvalue weighted by atomic mass is 16.8. The van der Waals surface area contributed by atoms with Crippen molar-refractivity contribution >= 4 is 29.6 Å². The molecule has 6 N–H and O–H groups in total. The molecule has 0 amide bonds. The molecular weight excluding hydrogens is 1050 g/mol. The number of aliphatic hydroxyl groups excluding tert-OH is 5. The Bertz CT molecular complexity index is 2340. The molecule has 448 valence electrons. The third kappa shape index (κ3) is 13.0. The number of esters is 2. The minimum atomic E-state index is -1.92. The number of carbonyl (C=O) groups excluding carboxylic acids is 4. The van der Waals surface area contributed by atoms with E-state index in [-0.39, 0.29) is 62.6 Å². The SMILES string of the molecule is CO[C@@H]1C[C@H](O[C@H]2[C@@H](O)C[C@H](O[C@H]3CC[C@@]4(C)C(=CCC(=O)[C@H]4C[C@@H](OC(=O)C=Cc4ccccc4)[C@@]4(C)C(=O)CC[C@@]4(O)C(C)OC(C)=O)C3)O[C@@H]2C)O[C@H](C)[C@H]1O[C@H]1C[C@@H](OC)[C@H](O[C@@H]2O[C@H](CO)[C@@H](O)[C@H](O)[C@H]2O)[C@@H](C)O1. The average Bonchev–Trinajstić information content (AvgIpc) is 3.93. The van der Waals surface area contributed by atoms with Gasteiger partial charge in [0.05, 0.1) is 54.7 Å². The molecule has 1 unspecified atom stereocenters. The molecule has 0 bridgehead atoms. The van der Waals surface area contributed by atoms with Gasteiger partial charge >= 0.3 is 11.9 Å². The molecule has 7 aliphatic rings. The Morgan fingerprint density at radius 3 is 1.98 bits per heavy atom. The second-order valence-corrected chi connectivity index (χ2v) is 23.2. The maximum absolute atomic E-state index is 14.2. The van der Waals surface area contributed by atoms with Crippen molar-refractivity contribution in [3.63, 3.8) is 0 Å². The van der Waals surface area contributed by atoms with Crippen LogP contribution in [0.4, 0.5) is 0 Å². The lowest BCUT2D eigenvalue weighted by molar-refractivity contribution is -0.356. The first-order valence-corrected chi connectivity index (χ1v) is 28.2. The largest absolute Gasteiger partial charge is 0.460 e. The molecule has 0 aromatic heterocycles. The van der Waals surface area contributed by atoms with E-state index in [2.05, 4.69) is 0 Å². The van der Waals surface area contributed by atoms with Crippen LogP contribution in [0.15, 0.2) is 48.1 Å². The Balaban J connectivity index is 0.863. The van der Waals surface area contributed by atoms with Crippen LogP contribution in [0.2, 0.25) is 0 Å². The van der Waals surface area contributed by atoms with E-state index in [0.717, 1.165) is 11.1 Å². The van der Waals surface area contributed by atoms with Crippen LogP contribution in [-0.4, -0.2) is 203 Å². The van der Waals surface area contributed by atoms with Crippen LogP contribution in [0.5, 0.6) is 0 Å². The fourth-order valence-electron chi connectivity index (χ4n) is 13.4. The monoisotopic (exact) mass is 1130 g/mol. The number of hydrogen-bond donors (Lipinski definition) is 6. The van der Waals surface area contributed by atoms with Gasteiger partial charge < -0.3 is 87.5 Å². The summed E-state index contributed by atoms with van der Waals surface area (Å²) in [5.74, 6) is -2.59. The minimum Gasteiger partial charge on any atom is -0.460 e. The Labute approximate surface area is 467 Å². The summed E-state index contributed by atoms with van der Waals surface area (Å²) in [5.41, 5.74) is -2.68. The molecule has 1 aromatic carbocycles. The third-order valence-corrected chi connectivity index (χ3v) is 18.3. The van der Waals surface area contributed by atoms with Crippen LogP contribution in [0.1, 0.15) is 118 Å². The van der Waals surface area contributed by atoms with Gasteiger partial charge in [-0.05, 0) is 83.8 Å². The Kier molecular flexibility index (Phi) is 20.3. The molecular formula is C58H84O22. The van der Waals surface area contributed by atoms with Gasteiger partial charge in [-0.3, -0.25) is 14.4 Å². The molecule has 4 heterocycles. The standard InChI is InChI=1S/C58H84O22/c1-29-52(78-47-26-40(69-8)53(30(2)72-47)79-48-27-41(70-9)54(31(3)73-48)80-55-51(67)50(66)49(65)42(28-59)76-55)39(62)25-46(71-29)75-36-19-21-56(6)35(23-36)16-17-38(61)37(56)24-44(77-45(64)18-15-34-13-11-10-12-14-34)57(7)43(63)20-22-58(57,68)32(4)74-33(5)60/h10-16,18,29-32,36-37,39-42,44,46-55,59,62,65-68H,17,19-28H2,1-9H3/t29-,30-,31-,32?,36+,37-,39+,40-,41-,42-,44-,46+,47+,48+,49-,50+,51-,52-,53-,54-,55+,56+,57-,58-/m1/s1. The third-order valence-electron chi connectivity index (χ3n) is 18.3. The summed E-state index contributed by atoms with van der Waals surface area (Å²) in [4.78, 5) is 54.2. The summed E-state index contributed by atoms with van der Waals surface area (Å²) in [7, 11) is 3.04. The summed E-state index contributed by atoms with van der Waals surface area (Å²) >= 11 is 0. The van der Waals surface area contributed by atoms with Crippen LogP contribution in [-0.2, 0) is 76.0 Å². The summed E-state index contributed by atoms with van der Waals surface area (Å²) in [6, 6.07) is 9.12. The van der Waals surface area contributed by atoms with Crippen LogP contribution in [0.3, 0.4) is 0 Å². The van der Waals surface area contributed by atoms with Crippen molar-refractivity contribution in [2.75, 3.05) is 20.8 Å². The highest BCUT2D eigenvalue weighted by Gasteiger charge is 2.66. The quantitative estimate of drug-likeness (QED) is 0.0659. The average molecular weight is 1130 g/mol. The molecule has 3 aliphatic carbocycles. The van der Waals surface area contributed by atoms with Gasteiger partial charge in [0.25, 0.3) is 0 Å². The van der Waals surface area contributed by atoms with Crippen molar-refractivity contribution in [1.82, 2.24) is 0 Å². The van der Waals surface area contributed by atoms with Crippen molar-refractivity contribution in [2.45, 2.75) is 241 Å². The van der Waals surface area contributed by atoms with Crippen LogP contribution < -0.4 is 0 Å². The zero-order valence-electron chi connectivity index (χ0n) is 47.2. The maximum atomic E-state index is 14.2. The van der Waals surface area contributed by atoms with Crippen molar-refractivity contribution in [2.24, 2.45) is 16.7 Å². The molecule has 8 rings (SSSR count). The lowest BCUT2D eigenvalue weighted by Gasteiger charge is -2.51. The predicted molar refractivity (Wildman–Crippen MR) is 279 cm³/mol. The van der Waals surface area contributed by atoms with Crippen molar-refractivity contribution < 1.29 is 107 Å². The van der Waals surface area contributed by atoms with E-state index >= 15 is 0 Å². The number of carbonyl (C=O) groups is 4. The first-order valence-electron chi connectivity index (χ1n) is 28.2. The van der Waals surface area contributed by atoms with Gasteiger partial charge in [0.15, 0.2) is 25.2 Å². The molecule has 80 heavy (non-hydrogen) atoms. The van der Waals surface area contributed by atoms with E-state index in [1.54, 1.807) is 34.0 Å². The van der Waals surface area contributed by atoms with Gasteiger partial charge in [0.2, 0.25) is 0 Å². The van der Waals surface area contributed by atoms with E-state index in [4.69, 9.17) is 56.8 Å². The number of benzene rings is 1. The molecule has 0 spiro atoms. The highest BCUT2D eigenvalue weighted by Crippen LogP contribution is 2.56. The Morgan fingerprint density at radius 2 is 1.38 bits per heavy atom. The summed E-state index contributed by atoms with van der Waals surface area (Å²) in [5, 5.41) is 64.8. The topological polar surface area (TPSA) is 300 Å². The fourth-order valence-corrected chi connectivity index (χ4v) is 13.4. The molecule has 1 aromatic rings. The van der Waals surface area contributed by atoms with E-state index in [1.807, 2.05) is 50.3 Å². The number of aliphatic hydroxyl groups is 6. The predicted octanol–water partition coefficient (Wildman–Crippen LogP) is 2.90. The van der Waals surface area contributed by atoms with E-state index < -0.39 is 158 Å². The molecule has 24 atom stereocenters. The number of ketones is 2. The number of allylic oxidation sites excluding steroid dienone is 1. The number of ether oxygens (including phenoxy) is 12. The van der Waals surface area contributed by atoms with Crippen molar-refractivity contribution in [3.8, 4) is 0 Å². The minimum absolute atomic E-state index is 0.0396. The second-order valence-electron chi connectivity index (χ2n) is 23.2. The van der Waals surface area contributed by atoms with Crippen molar-refractivity contribution in [3.05, 3.63) is 53.6 Å². The Morgan fingerprint density at radius 1 is 0.775 bits per heavy atom. The molecule has 4 saturated heterocycles. The smallest absolute Gasteiger partial charge is 0.331 e. The summed E-state index contributed by atoms with van der Waals surface area (Å²) < 4.78 is 73.4. The first kappa shape index (κ1) is 62.4.